The van der Waals surface area contributed by atoms with Crippen LogP contribution in [0.4, 0.5) is 5.69 Å². The van der Waals surface area contributed by atoms with Gasteiger partial charge in [0.15, 0.2) is 6.61 Å². The number of nitro groups is 1. The first-order chi connectivity index (χ1) is 13.9. The molecule has 1 aromatic heterocycles. The van der Waals surface area contributed by atoms with Gasteiger partial charge < -0.3 is 9.15 Å². The zero-order chi connectivity index (χ0) is 20.8. The van der Waals surface area contributed by atoms with E-state index in [0.29, 0.717) is 27.9 Å². The van der Waals surface area contributed by atoms with Gasteiger partial charge in [0.05, 0.1) is 16.7 Å². The molecule has 0 radical (unpaired) electrons. The third-order valence-electron chi connectivity index (χ3n) is 3.81. The average Bonchev–Trinajstić information content (AvgIpc) is 3.16. The molecule has 0 unspecified atom stereocenters. The van der Waals surface area contributed by atoms with Gasteiger partial charge in [0.1, 0.15) is 17.3 Å². The number of rotatable bonds is 7. The van der Waals surface area contributed by atoms with E-state index in [9.17, 15) is 14.9 Å². The topological polar surface area (TPSA) is 107 Å². The summed E-state index contributed by atoms with van der Waals surface area (Å²) in [7, 11) is 0. The van der Waals surface area contributed by atoms with E-state index in [4.69, 9.17) is 20.8 Å². The summed E-state index contributed by atoms with van der Waals surface area (Å²) >= 11 is 5.78. The highest BCUT2D eigenvalue weighted by Crippen LogP contribution is 2.31. The molecule has 0 spiro atoms. The predicted octanol–water partition coefficient (Wildman–Crippen LogP) is 4.35. The van der Waals surface area contributed by atoms with Crippen molar-refractivity contribution < 1.29 is 18.9 Å². The first-order valence-electron chi connectivity index (χ1n) is 8.48. The minimum absolute atomic E-state index is 0.0458. The number of carbonyl (C=O) groups excluding carboxylic acids is 1. The second-order valence-corrected chi connectivity index (χ2v) is 6.45. The molecule has 1 heterocycles. The number of nitrogens with zero attached hydrogens (tertiary/aromatic N) is 2. The van der Waals surface area contributed by atoms with Crippen molar-refractivity contribution in [3.63, 3.8) is 0 Å². The molecule has 3 aromatic rings. The molecule has 0 aliphatic rings. The number of ether oxygens (including phenoxy) is 1. The van der Waals surface area contributed by atoms with Gasteiger partial charge in [-0.25, -0.2) is 5.43 Å². The van der Waals surface area contributed by atoms with E-state index in [2.05, 4.69) is 10.5 Å². The number of aryl methyl sites for hydroxylation is 1. The molecule has 9 heteroatoms. The van der Waals surface area contributed by atoms with Crippen LogP contribution in [0.3, 0.4) is 0 Å². The third kappa shape index (κ3) is 5.43. The molecule has 1 amide bonds. The van der Waals surface area contributed by atoms with Gasteiger partial charge in [0.2, 0.25) is 0 Å². The van der Waals surface area contributed by atoms with Crippen LogP contribution in [0.15, 0.2) is 64.1 Å². The van der Waals surface area contributed by atoms with Gasteiger partial charge in [-0.1, -0.05) is 17.7 Å². The van der Waals surface area contributed by atoms with Gasteiger partial charge >= 0.3 is 0 Å². The standard InChI is InChI=1S/C20H16ClN3O5/c1-13-2-8-17(18(10-13)24(26)27)19-9-7-16(29-19)11-22-23-20(25)12-28-15-5-3-14(21)4-6-15/h2-11H,12H2,1H3,(H,23,25)/b22-11-. The van der Waals surface area contributed by atoms with E-state index >= 15 is 0 Å². The molecule has 8 nitrogen and oxygen atoms in total. The largest absolute Gasteiger partial charge is 0.484 e. The number of hydrazone groups is 1. The van der Waals surface area contributed by atoms with Crippen molar-refractivity contribution in [2.45, 2.75) is 6.92 Å². The Bertz CT molecular complexity index is 1060. The Morgan fingerprint density at radius 3 is 2.72 bits per heavy atom. The minimum atomic E-state index is -0.461. The molecule has 0 saturated carbocycles. The SMILES string of the molecule is Cc1ccc(-c2ccc(/C=N\NC(=O)COc3ccc(Cl)cc3)o2)c([N+](=O)[O-])c1. The molecule has 3 rings (SSSR count). The Morgan fingerprint density at radius 2 is 2.00 bits per heavy atom. The number of nitrogens with one attached hydrogen (secondary N) is 1. The predicted molar refractivity (Wildman–Crippen MR) is 108 cm³/mol. The number of benzene rings is 2. The minimum Gasteiger partial charge on any atom is -0.484 e. The highest BCUT2D eigenvalue weighted by molar-refractivity contribution is 6.30. The average molecular weight is 414 g/mol. The maximum absolute atomic E-state index is 11.8. The number of carbonyl (C=O) groups is 1. The fraction of sp³-hybridized carbons (Fsp3) is 0.100. The molecule has 0 fully saturated rings. The van der Waals surface area contributed by atoms with Gasteiger partial charge in [-0.05, 0) is 55.0 Å². The summed E-state index contributed by atoms with van der Waals surface area (Å²) in [6, 6.07) is 14.7. The summed E-state index contributed by atoms with van der Waals surface area (Å²) in [4.78, 5) is 22.6. The van der Waals surface area contributed by atoms with Gasteiger partial charge in [-0.15, -0.1) is 0 Å². The highest BCUT2D eigenvalue weighted by atomic mass is 35.5. The van der Waals surface area contributed by atoms with Gasteiger partial charge in [0.25, 0.3) is 11.6 Å². The summed E-state index contributed by atoms with van der Waals surface area (Å²) in [5.41, 5.74) is 3.40. The fourth-order valence-electron chi connectivity index (χ4n) is 2.45. The maximum Gasteiger partial charge on any atom is 0.280 e. The second-order valence-electron chi connectivity index (χ2n) is 6.02. The molecule has 0 saturated heterocycles. The van der Waals surface area contributed by atoms with Gasteiger partial charge in [-0.2, -0.15) is 5.10 Å². The summed E-state index contributed by atoms with van der Waals surface area (Å²) in [6.45, 7) is 1.55. The fourth-order valence-corrected chi connectivity index (χ4v) is 2.57. The first-order valence-corrected chi connectivity index (χ1v) is 8.85. The monoisotopic (exact) mass is 413 g/mol. The lowest BCUT2D eigenvalue weighted by Crippen LogP contribution is -2.24. The van der Waals surface area contributed by atoms with Crippen LogP contribution in [0.25, 0.3) is 11.3 Å². The summed E-state index contributed by atoms with van der Waals surface area (Å²) in [5.74, 6) is 0.699. The van der Waals surface area contributed by atoms with Crippen molar-refractivity contribution in [2.24, 2.45) is 5.10 Å². The van der Waals surface area contributed by atoms with Crippen LogP contribution in [-0.4, -0.2) is 23.7 Å². The molecule has 0 aliphatic carbocycles. The van der Waals surface area contributed by atoms with Crippen LogP contribution in [-0.2, 0) is 4.79 Å². The normalized spacial score (nSPS) is 10.8. The van der Waals surface area contributed by atoms with E-state index in [1.54, 1.807) is 55.5 Å². The van der Waals surface area contributed by atoms with Crippen LogP contribution in [0.5, 0.6) is 5.75 Å². The van der Waals surface area contributed by atoms with Crippen molar-refractivity contribution in [2.75, 3.05) is 6.61 Å². The lowest BCUT2D eigenvalue weighted by Gasteiger charge is -2.04. The number of halogens is 1. The van der Waals surface area contributed by atoms with Crippen molar-refractivity contribution >= 4 is 29.4 Å². The molecule has 0 aliphatic heterocycles. The van der Waals surface area contributed by atoms with E-state index in [0.717, 1.165) is 5.56 Å². The Balaban J connectivity index is 1.59. The lowest BCUT2D eigenvalue weighted by atomic mass is 10.1. The smallest absolute Gasteiger partial charge is 0.280 e. The van der Waals surface area contributed by atoms with Crippen LogP contribution in [0, 0.1) is 17.0 Å². The number of nitro benzene ring substituents is 1. The van der Waals surface area contributed by atoms with E-state index in [1.165, 1.54) is 12.3 Å². The molecule has 0 atom stereocenters. The van der Waals surface area contributed by atoms with Crippen LogP contribution in [0.1, 0.15) is 11.3 Å². The highest BCUT2D eigenvalue weighted by Gasteiger charge is 2.18. The number of amides is 1. The lowest BCUT2D eigenvalue weighted by molar-refractivity contribution is -0.384. The van der Waals surface area contributed by atoms with E-state index in [-0.39, 0.29) is 12.3 Å². The number of furan rings is 1. The molecule has 1 N–H and O–H groups in total. The molecule has 0 bridgehead atoms. The maximum atomic E-state index is 11.8. The zero-order valence-electron chi connectivity index (χ0n) is 15.3. The quantitative estimate of drug-likeness (QED) is 0.352. The summed E-state index contributed by atoms with van der Waals surface area (Å²) in [5, 5.41) is 15.6. The van der Waals surface area contributed by atoms with Crippen LogP contribution in [0.2, 0.25) is 5.02 Å². The Morgan fingerprint density at radius 1 is 1.24 bits per heavy atom. The van der Waals surface area contributed by atoms with Crippen molar-refractivity contribution in [3.05, 3.63) is 81.1 Å². The van der Waals surface area contributed by atoms with Crippen LogP contribution < -0.4 is 10.2 Å². The van der Waals surface area contributed by atoms with Gasteiger partial charge in [-0.3, -0.25) is 14.9 Å². The number of hydrogen-bond donors (Lipinski definition) is 1. The summed E-state index contributed by atoms with van der Waals surface area (Å²) < 4.78 is 10.9. The van der Waals surface area contributed by atoms with E-state index in [1.807, 2.05) is 0 Å². The Hall–Kier alpha value is -3.65. The summed E-state index contributed by atoms with van der Waals surface area (Å²) in [6.07, 6.45) is 1.30. The second kappa shape index (κ2) is 9.03. The first kappa shape index (κ1) is 20.1. The molecular weight excluding hydrogens is 398 g/mol. The van der Waals surface area contributed by atoms with Crippen molar-refractivity contribution in [1.29, 1.82) is 0 Å². The molecular formula is C20H16ClN3O5. The Labute approximate surface area is 170 Å². The molecule has 148 valence electrons. The molecule has 2 aromatic carbocycles. The van der Waals surface area contributed by atoms with E-state index < -0.39 is 10.8 Å². The van der Waals surface area contributed by atoms with Gasteiger partial charge in [0, 0.05) is 11.1 Å². The molecule has 29 heavy (non-hydrogen) atoms. The van der Waals surface area contributed by atoms with Crippen molar-refractivity contribution in [1.82, 2.24) is 5.43 Å². The number of hydrogen-bond acceptors (Lipinski definition) is 6. The van der Waals surface area contributed by atoms with Crippen LogP contribution >= 0.6 is 11.6 Å². The Kier molecular flexibility index (Phi) is 6.25. The third-order valence-corrected chi connectivity index (χ3v) is 4.06. The zero-order valence-corrected chi connectivity index (χ0v) is 16.1. The van der Waals surface area contributed by atoms with Crippen molar-refractivity contribution in [3.8, 4) is 17.1 Å².